The van der Waals surface area contributed by atoms with Crippen LogP contribution in [0.3, 0.4) is 0 Å². The van der Waals surface area contributed by atoms with Crippen LogP contribution in [0.1, 0.15) is 27.1 Å². The van der Waals surface area contributed by atoms with Crippen molar-refractivity contribution in [1.29, 1.82) is 0 Å². The smallest absolute Gasteiger partial charge is 0.178 e. The third-order valence-electron chi connectivity index (χ3n) is 2.92. The molecule has 2 aromatic carbocycles. The summed E-state index contributed by atoms with van der Waals surface area (Å²) in [5.41, 5.74) is 0.509. The molecule has 0 fully saturated rings. The van der Waals surface area contributed by atoms with Gasteiger partial charge >= 0.3 is 0 Å². The molecule has 0 aliphatic heterocycles. The summed E-state index contributed by atoms with van der Waals surface area (Å²) in [5, 5.41) is 9.76. The molecule has 0 atom stereocenters. The highest BCUT2D eigenvalue weighted by Gasteiger charge is 2.20. The Labute approximate surface area is 116 Å². The van der Waals surface area contributed by atoms with Crippen molar-refractivity contribution in [3.05, 3.63) is 59.7 Å². The van der Waals surface area contributed by atoms with Crippen LogP contribution in [0.2, 0.25) is 0 Å². The minimum atomic E-state index is -0.464. The van der Waals surface area contributed by atoms with Gasteiger partial charge in [0.2, 0.25) is 0 Å². The number of carbonyl (C=O) groups excluding carboxylic acids is 2. The fourth-order valence-electron chi connectivity index (χ4n) is 1.93. The zero-order valence-corrected chi connectivity index (χ0v) is 11.0. The molecule has 0 aromatic heterocycles. The van der Waals surface area contributed by atoms with Gasteiger partial charge in [-0.15, -0.1) is 0 Å². The summed E-state index contributed by atoms with van der Waals surface area (Å²) < 4.78 is 5.04. The van der Waals surface area contributed by atoms with Gasteiger partial charge in [0.25, 0.3) is 0 Å². The predicted molar refractivity (Wildman–Crippen MR) is 74.4 cm³/mol. The number of rotatable bonds is 5. The second kappa shape index (κ2) is 6.02. The number of methoxy groups -OCH3 is 1. The van der Waals surface area contributed by atoms with Crippen molar-refractivity contribution < 1.29 is 19.4 Å². The fraction of sp³-hybridized carbons (Fsp3) is 0.125. The highest BCUT2D eigenvalue weighted by atomic mass is 16.5. The summed E-state index contributed by atoms with van der Waals surface area (Å²) in [7, 11) is 1.41. The van der Waals surface area contributed by atoms with E-state index < -0.39 is 5.78 Å². The number of aromatic hydroxyl groups is 1. The van der Waals surface area contributed by atoms with Crippen LogP contribution < -0.4 is 4.74 Å². The van der Waals surface area contributed by atoms with Gasteiger partial charge in [-0.25, -0.2) is 0 Å². The molecule has 20 heavy (non-hydrogen) atoms. The van der Waals surface area contributed by atoms with Gasteiger partial charge in [0.05, 0.1) is 13.5 Å². The SMILES string of the molecule is COc1cccc(O)c1C(=O)CC(=O)[13c]1[13cH][13cH][13cH][13cH][13cH]1. The molecule has 0 aliphatic rings. The van der Waals surface area contributed by atoms with Crippen LogP contribution in [0.25, 0.3) is 0 Å². The molecule has 0 aliphatic carbocycles. The molecule has 2 rings (SSSR count). The van der Waals surface area contributed by atoms with Gasteiger partial charge in [0.15, 0.2) is 11.6 Å². The molecule has 4 heteroatoms. The van der Waals surface area contributed by atoms with Gasteiger partial charge in [-0.05, 0) is 12.1 Å². The maximum absolute atomic E-state index is 12.2. The van der Waals surface area contributed by atoms with Crippen molar-refractivity contribution >= 4 is 11.6 Å². The Kier molecular flexibility index (Phi) is 4.15. The van der Waals surface area contributed by atoms with Crippen LogP contribution >= 0.6 is 0 Å². The van der Waals surface area contributed by atoms with E-state index in [1.807, 2.05) is 0 Å². The zero-order chi connectivity index (χ0) is 14.5. The fourth-order valence-corrected chi connectivity index (χ4v) is 1.93. The summed E-state index contributed by atoms with van der Waals surface area (Å²) in [6, 6.07) is 13.1. The predicted octanol–water partition coefficient (Wildman–Crippen LogP) is 2.86. The Hall–Kier alpha value is -2.62. The number of hydrogen-bond donors (Lipinski definition) is 1. The van der Waals surface area contributed by atoms with Crippen molar-refractivity contribution in [2.45, 2.75) is 6.42 Å². The van der Waals surface area contributed by atoms with Crippen LogP contribution in [0, 0.1) is 0 Å². The van der Waals surface area contributed by atoms with Gasteiger partial charge in [-0.3, -0.25) is 9.59 Å². The summed E-state index contributed by atoms with van der Waals surface area (Å²) in [6.07, 6.45) is -0.308. The van der Waals surface area contributed by atoms with Crippen LogP contribution in [-0.4, -0.2) is 23.8 Å². The molecule has 0 heterocycles. The normalized spacial score (nSPS) is 10.1. The Morgan fingerprint density at radius 3 is 2.35 bits per heavy atom. The molecule has 0 spiro atoms. The van der Waals surface area contributed by atoms with Gasteiger partial charge < -0.3 is 9.84 Å². The number of ether oxygens (including phenoxy) is 1. The first-order valence-electron chi connectivity index (χ1n) is 6.11. The maximum Gasteiger partial charge on any atom is 0.178 e. The molecule has 0 unspecified atom stereocenters. The van der Waals surface area contributed by atoms with E-state index in [1.54, 1.807) is 42.5 Å². The Balaban J connectivity index is 2.23. The lowest BCUT2D eigenvalue weighted by atomic mass is 10.0. The van der Waals surface area contributed by atoms with Crippen molar-refractivity contribution in [1.82, 2.24) is 0 Å². The Morgan fingerprint density at radius 2 is 1.70 bits per heavy atom. The molecule has 2 aromatic rings. The highest BCUT2D eigenvalue weighted by molar-refractivity contribution is 6.15. The first kappa shape index (κ1) is 13.8. The van der Waals surface area contributed by atoms with E-state index in [0.717, 1.165) is 0 Å². The minimum absolute atomic E-state index is 0.0410. The van der Waals surface area contributed by atoms with E-state index in [-0.39, 0.29) is 29.3 Å². The van der Waals surface area contributed by atoms with E-state index in [1.165, 1.54) is 13.2 Å². The number of phenols is 1. The minimum Gasteiger partial charge on any atom is -0.507 e. The molecular weight excluding hydrogens is 262 g/mol. The van der Waals surface area contributed by atoms with Crippen molar-refractivity contribution in [3.8, 4) is 11.5 Å². The first-order chi connectivity index (χ1) is 9.63. The van der Waals surface area contributed by atoms with Crippen LogP contribution in [0.15, 0.2) is 48.5 Å². The van der Waals surface area contributed by atoms with Crippen molar-refractivity contribution in [2.75, 3.05) is 7.11 Å². The molecule has 1 N–H and O–H groups in total. The van der Waals surface area contributed by atoms with E-state index in [4.69, 9.17) is 4.74 Å². The van der Waals surface area contributed by atoms with Crippen LogP contribution in [0.5, 0.6) is 11.5 Å². The van der Waals surface area contributed by atoms with Crippen molar-refractivity contribution in [2.24, 2.45) is 0 Å². The number of ketones is 2. The number of phenolic OH excluding ortho intramolecular Hbond substituents is 1. The monoisotopic (exact) mass is 276 g/mol. The summed E-state index contributed by atoms with van der Waals surface area (Å²) in [5.74, 6) is -0.680. The molecule has 0 radical (unpaired) electrons. The second-order valence-electron chi connectivity index (χ2n) is 4.24. The number of carbonyl (C=O) groups is 2. The molecule has 4 nitrogen and oxygen atoms in total. The number of Topliss-reactive ketones (excluding diaryl/α,β-unsaturated/α-hetero) is 2. The van der Waals surface area contributed by atoms with Gasteiger partial charge in [-0.1, -0.05) is 36.4 Å². The highest BCUT2D eigenvalue weighted by Crippen LogP contribution is 2.28. The van der Waals surface area contributed by atoms with Gasteiger partial charge in [-0.2, -0.15) is 0 Å². The van der Waals surface area contributed by atoms with Crippen molar-refractivity contribution in [3.63, 3.8) is 0 Å². The summed E-state index contributed by atoms with van der Waals surface area (Å²) >= 11 is 0. The number of hydrogen-bond acceptors (Lipinski definition) is 4. The molecule has 0 saturated carbocycles. The quantitative estimate of drug-likeness (QED) is 0.673. The second-order valence-corrected chi connectivity index (χ2v) is 4.24. The lowest BCUT2D eigenvalue weighted by Crippen LogP contribution is -2.10. The van der Waals surface area contributed by atoms with E-state index in [0.29, 0.717) is 5.56 Å². The molecule has 0 bridgehead atoms. The average molecular weight is 276 g/mol. The van der Waals surface area contributed by atoms with Gasteiger partial charge in [0.1, 0.15) is 17.1 Å². The number of benzene rings is 2. The Bertz CT molecular complexity index is 632. The van der Waals surface area contributed by atoms with Gasteiger partial charge in [0, 0.05) is 5.56 Å². The van der Waals surface area contributed by atoms with E-state index >= 15 is 0 Å². The zero-order valence-electron chi connectivity index (χ0n) is 11.0. The molecule has 0 saturated heterocycles. The van der Waals surface area contributed by atoms with E-state index in [2.05, 4.69) is 0 Å². The largest absolute Gasteiger partial charge is 0.507 e. The third-order valence-corrected chi connectivity index (χ3v) is 2.92. The Morgan fingerprint density at radius 1 is 1.00 bits per heavy atom. The molecule has 0 amide bonds. The van der Waals surface area contributed by atoms with Crippen LogP contribution in [-0.2, 0) is 0 Å². The summed E-state index contributed by atoms with van der Waals surface area (Å²) in [6.45, 7) is 0. The topological polar surface area (TPSA) is 63.6 Å². The lowest BCUT2D eigenvalue weighted by molar-refractivity contribution is 0.0891. The molecular formula is C16H14O4. The third kappa shape index (κ3) is 2.85. The van der Waals surface area contributed by atoms with Crippen LogP contribution in [0.4, 0.5) is 0 Å². The average Bonchev–Trinajstić information content (AvgIpc) is 2.47. The lowest BCUT2D eigenvalue weighted by Gasteiger charge is -2.09. The standard InChI is InChI=1S/C16H14O4/c1-20-15-9-5-8-12(17)16(15)14(19)10-13(18)11-6-3-2-4-7-11/h2-9,17H,10H2,1H3/i2+1,3+1,4+1,6+1,7+1,11+1. The first-order valence-corrected chi connectivity index (χ1v) is 6.11. The van der Waals surface area contributed by atoms with E-state index in [9.17, 15) is 14.7 Å². The summed E-state index contributed by atoms with van der Waals surface area (Å²) in [4.78, 5) is 24.2. The molecule has 102 valence electrons. The maximum atomic E-state index is 12.2.